The van der Waals surface area contributed by atoms with Gasteiger partial charge >= 0.3 is 0 Å². The molecule has 0 amide bonds. The minimum absolute atomic E-state index is 0. The van der Waals surface area contributed by atoms with Gasteiger partial charge in [-0.3, -0.25) is 4.90 Å². The van der Waals surface area contributed by atoms with Crippen LogP contribution in [-0.2, 0) is 11.8 Å². The Morgan fingerprint density at radius 3 is 2.58 bits per heavy atom. The molecule has 3 nitrogen and oxygen atoms in total. The van der Waals surface area contributed by atoms with E-state index in [-0.39, 0.29) is 17.8 Å². The summed E-state index contributed by atoms with van der Waals surface area (Å²) in [4.78, 5) is 2.66. The van der Waals surface area contributed by atoms with E-state index in [0.29, 0.717) is 17.5 Å². The van der Waals surface area contributed by atoms with Crippen molar-refractivity contribution in [2.45, 2.75) is 50.0 Å². The van der Waals surface area contributed by atoms with Crippen molar-refractivity contribution >= 4 is 12.4 Å². The van der Waals surface area contributed by atoms with Crippen LogP contribution in [0.3, 0.4) is 0 Å². The van der Waals surface area contributed by atoms with Gasteiger partial charge in [0.05, 0.1) is 0 Å². The van der Waals surface area contributed by atoms with Crippen LogP contribution in [0.1, 0.15) is 43.2 Å². The highest BCUT2D eigenvalue weighted by atomic mass is 35.5. The number of fused-ring (bicyclic) bond motifs is 2. The topological polar surface area (TPSA) is 43.7 Å². The fraction of sp³-hybridized carbons (Fsp3) is 0.455. The van der Waals surface area contributed by atoms with Crippen LogP contribution in [0, 0.1) is 0 Å². The van der Waals surface area contributed by atoms with E-state index in [4.69, 9.17) is 0 Å². The maximum Gasteiger partial charge on any atom is 0.115 e. The molecule has 2 bridgehead atoms. The summed E-state index contributed by atoms with van der Waals surface area (Å²) in [5.74, 6) is 0.730. The minimum Gasteiger partial charge on any atom is -0.508 e. The second-order valence-electron chi connectivity index (χ2n) is 7.78. The van der Waals surface area contributed by atoms with E-state index in [1.165, 1.54) is 43.2 Å². The monoisotopic (exact) mass is 373 g/mol. The van der Waals surface area contributed by atoms with Gasteiger partial charge in [0.1, 0.15) is 11.5 Å². The number of rotatable bonds is 4. The van der Waals surface area contributed by atoms with Gasteiger partial charge in [-0.15, -0.1) is 12.4 Å². The van der Waals surface area contributed by atoms with Crippen LogP contribution in [0.4, 0.5) is 0 Å². The van der Waals surface area contributed by atoms with Crippen LogP contribution in [0.25, 0.3) is 0 Å². The number of halogens is 1. The second-order valence-corrected chi connectivity index (χ2v) is 7.78. The van der Waals surface area contributed by atoms with Crippen molar-refractivity contribution in [3.05, 3.63) is 59.7 Å². The van der Waals surface area contributed by atoms with Crippen molar-refractivity contribution in [1.82, 2.24) is 4.90 Å². The normalized spacial score (nSPS) is 25.5. The number of benzene rings is 2. The van der Waals surface area contributed by atoms with Gasteiger partial charge in [-0.2, -0.15) is 0 Å². The molecule has 2 aromatic carbocycles. The number of hydrogen-bond acceptors (Lipinski definition) is 3. The summed E-state index contributed by atoms with van der Waals surface area (Å²) in [5, 5.41) is 19.3. The van der Waals surface area contributed by atoms with Crippen molar-refractivity contribution < 1.29 is 10.2 Å². The molecule has 0 unspecified atom stereocenters. The molecule has 2 fully saturated rings. The number of aromatic hydroxyl groups is 2. The Kier molecular flexibility index (Phi) is 5.79. The maximum absolute atomic E-state index is 9.89. The zero-order valence-corrected chi connectivity index (χ0v) is 15.9. The zero-order chi connectivity index (χ0) is 17.3. The molecule has 140 valence electrons. The summed E-state index contributed by atoms with van der Waals surface area (Å²) in [6, 6.07) is 16.2. The van der Waals surface area contributed by atoms with Crippen LogP contribution >= 0.6 is 12.4 Å². The molecule has 2 aliphatic rings. The second kappa shape index (κ2) is 7.89. The Morgan fingerprint density at radius 1 is 1.00 bits per heavy atom. The summed E-state index contributed by atoms with van der Waals surface area (Å²) in [5.41, 5.74) is 2.88. The Labute approximate surface area is 162 Å². The molecule has 26 heavy (non-hydrogen) atoms. The summed E-state index contributed by atoms with van der Waals surface area (Å²) in [6.07, 6.45) is 7.25. The average molecular weight is 374 g/mol. The lowest BCUT2D eigenvalue weighted by molar-refractivity contribution is 0.0524. The van der Waals surface area contributed by atoms with Gasteiger partial charge in [0.2, 0.25) is 0 Å². The molecule has 0 spiro atoms. The zero-order valence-electron chi connectivity index (χ0n) is 15.1. The fourth-order valence-corrected chi connectivity index (χ4v) is 4.88. The maximum atomic E-state index is 9.89. The van der Waals surface area contributed by atoms with E-state index >= 15 is 0 Å². The van der Waals surface area contributed by atoms with Crippen molar-refractivity contribution in [1.29, 1.82) is 0 Å². The third-order valence-corrected chi connectivity index (χ3v) is 6.30. The Morgan fingerprint density at radius 2 is 1.81 bits per heavy atom. The lowest BCUT2D eigenvalue weighted by atomic mass is 9.63. The standard InChI is InChI=1S/C22H27NO2.ClH/c24-20-8-6-17(7-9-20)10-13-23-14-12-22(11-2-4-19(23)16-22)18-3-1-5-21(25)15-18;/h1,3,5-9,15,19,24-25H,2,4,10-14,16H2;1H/t19-,22+;/m0./s1. The number of phenols is 2. The predicted molar refractivity (Wildman–Crippen MR) is 107 cm³/mol. The van der Waals surface area contributed by atoms with Crippen molar-refractivity contribution in [2.24, 2.45) is 0 Å². The smallest absolute Gasteiger partial charge is 0.115 e. The Hall–Kier alpha value is -1.71. The van der Waals surface area contributed by atoms with Crippen LogP contribution in [0.5, 0.6) is 11.5 Å². The summed E-state index contributed by atoms with van der Waals surface area (Å²) < 4.78 is 0. The first kappa shape index (κ1) is 19.1. The molecule has 4 rings (SSSR count). The van der Waals surface area contributed by atoms with E-state index in [0.717, 1.165) is 19.5 Å². The predicted octanol–water partition coefficient (Wildman–Crippen LogP) is 4.65. The van der Waals surface area contributed by atoms with E-state index in [2.05, 4.69) is 11.0 Å². The van der Waals surface area contributed by atoms with Gasteiger partial charge in [0.15, 0.2) is 0 Å². The summed E-state index contributed by atoms with van der Waals surface area (Å²) >= 11 is 0. The lowest BCUT2D eigenvalue weighted by Gasteiger charge is -2.51. The number of hydrogen-bond donors (Lipinski definition) is 2. The molecule has 1 saturated heterocycles. The van der Waals surface area contributed by atoms with Crippen molar-refractivity contribution in [2.75, 3.05) is 13.1 Å². The highest BCUT2D eigenvalue weighted by Crippen LogP contribution is 2.47. The first-order valence-corrected chi connectivity index (χ1v) is 9.46. The number of piperidine rings is 1. The van der Waals surface area contributed by atoms with Gasteiger partial charge in [-0.1, -0.05) is 30.7 Å². The molecule has 1 heterocycles. The van der Waals surface area contributed by atoms with E-state index in [9.17, 15) is 10.2 Å². The van der Waals surface area contributed by atoms with Gasteiger partial charge in [-0.05, 0) is 79.5 Å². The first-order valence-electron chi connectivity index (χ1n) is 9.46. The van der Waals surface area contributed by atoms with Crippen LogP contribution in [0.2, 0.25) is 0 Å². The molecule has 4 heteroatoms. The summed E-state index contributed by atoms with van der Waals surface area (Å²) in [7, 11) is 0. The van der Waals surface area contributed by atoms with E-state index < -0.39 is 0 Å². The SMILES string of the molecule is Cl.Oc1ccc(CCN2CC[C@]3(c4cccc(O)c4)CCC[C@H]2C3)cc1. The number of phenolic OH excluding ortho intramolecular Hbond substituents is 2. The lowest BCUT2D eigenvalue weighted by Crippen LogP contribution is -2.52. The average Bonchev–Trinajstić information content (AvgIpc) is 2.63. The van der Waals surface area contributed by atoms with Gasteiger partial charge in [0.25, 0.3) is 0 Å². The first-order chi connectivity index (χ1) is 12.1. The molecule has 0 aromatic heterocycles. The molecule has 0 radical (unpaired) electrons. The van der Waals surface area contributed by atoms with Gasteiger partial charge in [-0.25, -0.2) is 0 Å². The minimum atomic E-state index is 0. The Bertz CT molecular complexity index is 733. The quantitative estimate of drug-likeness (QED) is 0.819. The van der Waals surface area contributed by atoms with Crippen LogP contribution in [0.15, 0.2) is 48.5 Å². The third kappa shape index (κ3) is 3.84. The molecular formula is C22H28ClNO2. The van der Waals surface area contributed by atoms with Crippen molar-refractivity contribution in [3.63, 3.8) is 0 Å². The largest absolute Gasteiger partial charge is 0.508 e. The van der Waals surface area contributed by atoms with Gasteiger partial charge < -0.3 is 10.2 Å². The molecular weight excluding hydrogens is 346 g/mol. The van der Waals surface area contributed by atoms with Crippen LogP contribution < -0.4 is 0 Å². The Balaban J connectivity index is 0.00000196. The highest BCUT2D eigenvalue weighted by molar-refractivity contribution is 5.85. The molecule has 1 saturated carbocycles. The van der Waals surface area contributed by atoms with Gasteiger partial charge in [0, 0.05) is 12.6 Å². The van der Waals surface area contributed by atoms with E-state index in [1.807, 2.05) is 24.3 Å². The molecule has 2 aromatic rings. The fourth-order valence-electron chi connectivity index (χ4n) is 4.88. The molecule has 1 aliphatic carbocycles. The molecule has 2 atom stereocenters. The van der Waals surface area contributed by atoms with E-state index in [1.54, 1.807) is 18.2 Å². The van der Waals surface area contributed by atoms with Crippen molar-refractivity contribution in [3.8, 4) is 11.5 Å². The van der Waals surface area contributed by atoms with Crippen LogP contribution in [-0.4, -0.2) is 34.2 Å². The third-order valence-electron chi connectivity index (χ3n) is 6.30. The highest BCUT2D eigenvalue weighted by Gasteiger charge is 2.43. The summed E-state index contributed by atoms with van der Waals surface area (Å²) in [6.45, 7) is 2.23. The number of likely N-dealkylation sites (tertiary alicyclic amines) is 1. The number of nitrogens with zero attached hydrogens (tertiary/aromatic N) is 1. The molecule has 1 aliphatic heterocycles. The molecule has 2 N–H and O–H groups in total.